The van der Waals surface area contributed by atoms with Crippen LogP contribution in [0.5, 0.6) is 5.75 Å². The molecule has 0 fully saturated rings. The molecule has 126 valence electrons. The Morgan fingerprint density at radius 3 is 2.04 bits per heavy atom. The van der Waals surface area contributed by atoms with Gasteiger partial charge in [-0.2, -0.15) is 0 Å². The highest BCUT2D eigenvalue weighted by molar-refractivity contribution is 5.78. The van der Waals surface area contributed by atoms with E-state index in [1.165, 1.54) is 5.56 Å². The maximum atomic E-state index is 6.23. The van der Waals surface area contributed by atoms with Crippen molar-refractivity contribution in [1.29, 1.82) is 0 Å². The largest absolute Gasteiger partial charge is 0.457 e. The van der Waals surface area contributed by atoms with Crippen LogP contribution in [-0.4, -0.2) is 0 Å². The second-order valence-electron chi connectivity index (χ2n) is 6.27. The topological polar surface area (TPSA) is 9.23 Å². The summed E-state index contributed by atoms with van der Waals surface area (Å²) < 4.78 is 6.23. The lowest BCUT2D eigenvalue weighted by Gasteiger charge is -2.13. The van der Waals surface area contributed by atoms with Crippen LogP contribution in [0.15, 0.2) is 84.9 Å². The van der Waals surface area contributed by atoms with Crippen molar-refractivity contribution in [2.75, 3.05) is 0 Å². The molecule has 25 heavy (non-hydrogen) atoms. The Morgan fingerprint density at radius 2 is 1.44 bits per heavy atom. The van der Waals surface area contributed by atoms with Crippen molar-refractivity contribution < 1.29 is 4.74 Å². The van der Waals surface area contributed by atoms with Crippen molar-refractivity contribution in [2.24, 2.45) is 0 Å². The maximum absolute atomic E-state index is 6.23. The molecule has 1 heteroatoms. The van der Waals surface area contributed by atoms with E-state index >= 15 is 0 Å². The second-order valence-corrected chi connectivity index (χ2v) is 6.27. The molecule has 0 spiro atoms. The number of hydrogen-bond acceptors (Lipinski definition) is 1. The van der Waals surface area contributed by atoms with Gasteiger partial charge in [-0.15, -0.1) is 0 Å². The van der Waals surface area contributed by atoms with Crippen molar-refractivity contribution in [2.45, 2.75) is 26.2 Å². The molecular formula is C24H24O. The first-order valence-corrected chi connectivity index (χ1v) is 8.86. The van der Waals surface area contributed by atoms with E-state index in [2.05, 4.69) is 68.5 Å². The van der Waals surface area contributed by atoms with Gasteiger partial charge in [-0.05, 0) is 41.7 Å². The molecule has 0 bridgehead atoms. The van der Waals surface area contributed by atoms with Crippen LogP contribution in [0.3, 0.4) is 0 Å². The normalized spacial score (nSPS) is 12.6. The smallest absolute Gasteiger partial charge is 0.135 e. The van der Waals surface area contributed by atoms with E-state index in [4.69, 9.17) is 4.74 Å². The Kier molecular flexibility index (Phi) is 5.69. The predicted octanol–water partition coefficient (Wildman–Crippen LogP) is 6.78. The summed E-state index contributed by atoms with van der Waals surface area (Å²) in [7, 11) is 0. The summed E-state index contributed by atoms with van der Waals surface area (Å²) in [6, 6.07) is 28.9. The molecule has 1 unspecified atom stereocenters. The molecule has 0 aliphatic heterocycles. The summed E-state index contributed by atoms with van der Waals surface area (Å²) in [4.78, 5) is 0. The van der Waals surface area contributed by atoms with Crippen molar-refractivity contribution in [3.8, 4) is 5.75 Å². The number of ether oxygens (including phenoxy) is 1. The van der Waals surface area contributed by atoms with Gasteiger partial charge < -0.3 is 4.74 Å². The van der Waals surface area contributed by atoms with E-state index in [0.717, 1.165) is 29.1 Å². The fourth-order valence-corrected chi connectivity index (χ4v) is 2.70. The first-order valence-electron chi connectivity index (χ1n) is 8.86. The van der Waals surface area contributed by atoms with Crippen molar-refractivity contribution in [1.82, 2.24) is 0 Å². The molecule has 0 N–H and O–H groups in total. The minimum atomic E-state index is 0.572. The van der Waals surface area contributed by atoms with Gasteiger partial charge >= 0.3 is 0 Å². The van der Waals surface area contributed by atoms with Gasteiger partial charge in [0.2, 0.25) is 0 Å². The molecule has 0 aromatic heterocycles. The summed E-state index contributed by atoms with van der Waals surface area (Å²) in [5.74, 6) is 2.28. The summed E-state index contributed by atoms with van der Waals surface area (Å²) in [5.41, 5.74) is 3.54. The molecular weight excluding hydrogens is 304 g/mol. The molecule has 3 rings (SSSR count). The highest BCUT2D eigenvalue weighted by Gasteiger charge is 2.07. The minimum absolute atomic E-state index is 0.572. The van der Waals surface area contributed by atoms with Crippen molar-refractivity contribution in [3.05, 3.63) is 102 Å². The van der Waals surface area contributed by atoms with Crippen LogP contribution in [0.2, 0.25) is 0 Å². The van der Waals surface area contributed by atoms with E-state index < -0.39 is 0 Å². The second kappa shape index (κ2) is 8.34. The van der Waals surface area contributed by atoms with Crippen LogP contribution >= 0.6 is 0 Å². The van der Waals surface area contributed by atoms with E-state index in [9.17, 15) is 0 Å². The Labute approximate surface area is 150 Å². The Balaban J connectivity index is 1.89. The quantitative estimate of drug-likeness (QED) is 0.358. The van der Waals surface area contributed by atoms with Gasteiger partial charge in [-0.1, -0.05) is 86.6 Å². The standard InChI is InChI=1S/C24H24O/c1-3-19(2)21-14-16-23(17-15-21)25-24(22-12-8-5-9-13-22)18-20-10-6-4-7-11-20/h4-19H,3H2,1-2H3/b24-18-. The van der Waals surface area contributed by atoms with Crippen LogP contribution in [0.4, 0.5) is 0 Å². The summed E-state index contributed by atoms with van der Waals surface area (Å²) in [5, 5.41) is 0. The minimum Gasteiger partial charge on any atom is -0.457 e. The lowest BCUT2D eigenvalue weighted by atomic mass is 9.99. The summed E-state index contributed by atoms with van der Waals surface area (Å²) in [6.07, 6.45) is 3.22. The van der Waals surface area contributed by atoms with Crippen LogP contribution < -0.4 is 4.74 Å². The van der Waals surface area contributed by atoms with Crippen molar-refractivity contribution in [3.63, 3.8) is 0 Å². The Morgan fingerprint density at radius 1 is 0.840 bits per heavy atom. The predicted molar refractivity (Wildman–Crippen MR) is 107 cm³/mol. The zero-order valence-electron chi connectivity index (χ0n) is 14.9. The zero-order valence-corrected chi connectivity index (χ0v) is 14.9. The monoisotopic (exact) mass is 328 g/mol. The van der Waals surface area contributed by atoms with Crippen LogP contribution in [0, 0.1) is 0 Å². The number of rotatable bonds is 6. The third kappa shape index (κ3) is 4.60. The van der Waals surface area contributed by atoms with Crippen LogP contribution in [-0.2, 0) is 0 Å². The molecule has 0 saturated carbocycles. The average molecular weight is 328 g/mol. The number of benzene rings is 3. The van der Waals surface area contributed by atoms with E-state index in [1.807, 2.05) is 36.4 Å². The lowest BCUT2D eigenvalue weighted by Crippen LogP contribution is -1.96. The molecule has 0 aliphatic rings. The Hall–Kier alpha value is -2.80. The van der Waals surface area contributed by atoms with Crippen LogP contribution in [0.1, 0.15) is 42.9 Å². The summed E-state index contributed by atoms with van der Waals surface area (Å²) >= 11 is 0. The summed E-state index contributed by atoms with van der Waals surface area (Å²) in [6.45, 7) is 4.46. The molecule has 0 heterocycles. The van der Waals surface area contributed by atoms with Gasteiger partial charge in [0, 0.05) is 5.56 Å². The van der Waals surface area contributed by atoms with E-state index in [1.54, 1.807) is 0 Å². The van der Waals surface area contributed by atoms with Crippen LogP contribution in [0.25, 0.3) is 11.8 Å². The number of hydrogen-bond donors (Lipinski definition) is 0. The van der Waals surface area contributed by atoms with Gasteiger partial charge in [0.05, 0.1) is 0 Å². The fourth-order valence-electron chi connectivity index (χ4n) is 2.70. The molecule has 0 amide bonds. The van der Waals surface area contributed by atoms with Gasteiger partial charge in [-0.25, -0.2) is 0 Å². The fraction of sp³-hybridized carbons (Fsp3) is 0.167. The molecule has 0 aliphatic carbocycles. The van der Waals surface area contributed by atoms with Gasteiger partial charge in [0.15, 0.2) is 0 Å². The van der Waals surface area contributed by atoms with E-state index in [0.29, 0.717) is 5.92 Å². The van der Waals surface area contributed by atoms with Gasteiger partial charge in [0.25, 0.3) is 0 Å². The lowest BCUT2D eigenvalue weighted by molar-refractivity contribution is 0.517. The molecule has 0 saturated heterocycles. The molecule has 3 aromatic carbocycles. The highest BCUT2D eigenvalue weighted by Crippen LogP contribution is 2.26. The van der Waals surface area contributed by atoms with E-state index in [-0.39, 0.29) is 0 Å². The third-order valence-electron chi connectivity index (χ3n) is 4.44. The molecule has 3 aromatic rings. The molecule has 0 radical (unpaired) electrons. The third-order valence-corrected chi connectivity index (χ3v) is 4.44. The Bertz CT molecular complexity index is 802. The maximum Gasteiger partial charge on any atom is 0.135 e. The van der Waals surface area contributed by atoms with Gasteiger partial charge in [-0.3, -0.25) is 0 Å². The first kappa shape index (κ1) is 17.0. The van der Waals surface area contributed by atoms with Crippen molar-refractivity contribution >= 4 is 11.8 Å². The molecule has 1 nitrogen and oxygen atoms in total. The molecule has 1 atom stereocenters. The first-order chi connectivity index (χ1) is 12.3. The average Bonchev–Trinajstić information content (AvgIpc) is 2.69. The zero-order chi connectivity index (χ0) is 17.5. The highest BCUT2D eigenvalue weighted by atomic mass is 16.5. The SMILES string of the molecule is CCC(C)c1ccc(O/C(=C\c2ccccc2)c2ccccc2)cc1. The van der Waals surface area contributed by atoms with Gasteiger partial charge in [0.1, 0.15) is 11.5 Å².